The number of carbonyl (C=O) groups excluding carboxylic acids is 1. The normalized spacial score (nSPS) is 27.0. The number of hydrogen-bond acceptors (Lipinski definition) is 4. The molecule has 0 unspecified atom stereocenters. The van der Waals surface area contributed by atoms with Gasteiger partial charge in [-0.25, -0.2) is 4.79 Å². The van der Waals surface area contributed by atoms with Gasteiger partial charge in [0.2, 0.25) is 0 Å². The van der Waals surface area contributed by atoms with Gasteiger partial charge in [0, 0.05) is 13.1 Å². The van der Waals surface area contributed by atoms with Crippen molar-refractivity contribution in [1.82, 2.24) is 4.90 Å². The standard InChI is InChI=1S/C13H21NO6/c1-12(2,3)20-11(19)14-6-8(9(15)16)5-13(4,7-14)10(17)18/h8H,5-7H2,1-4H3,(H,15,16)(H,17,18)/t8-,13+/m1/s1. The van der Waals surface area contributed by atoms with E-state index >= 15 is 0 Å². The van der Waals surface area contributed by atoms with Crippen LogP contribution in [0, 0.1) is 11.3 Å². The molecule has 1 amide bonds. The molecule has 7 heteroatoms. The highest BCUT2D eigenvalue weighted by Gasteiger charge is 2.46. The van der Waals surface area contributed by atoms with E-state index in [1.54, 1.807) is 20.8 Å². The Morgan fingerprint density at radius 2 is 1.80 bits per heavy atom. The monoisotopic (exact) mass is 287 g/mol. The molecule has 1 rings (SSSR count). The fourth-order valence-electron chi connectivity index (χ4n) is 2.21. The Hall–Kier alpha value is -1.79. The molecule has 2 N–H and O–H groups in total. The predicted molar refractivity (Wildman–Crippen MR) is 69.3 cm³/mol. The second-order valence-corrected chi connectivity index (χ2v) is 6.47. The van der Waals surface area contributed by atoms with Gasteiger partial charge in [0.25, 0.3) is 0 Å². The van der Waals surface area contributed by atoms with E-state index in [0.717, 1.165) is 0 Å². The van der Waals surface area contributed by atoms with Crippen molar-refractivity contribution in [1.29, 1.82) is 0 Å². The molecule has 0 saturated carbocycles. The van der Waals surface area contributed by atoms with E-state index in [4.69, 9.17) is 9.84 Å². The van der Waals surface area contributed by atoms with E-state index in [2.05, 4.69) is 0 Å². The van der Waals surface area contributed by atoms with Crippen LogP contribution in [0.2, 0.25) is 0 Å². The van der Waals surface area contributed by atoms with Crippen molar-refractivity contribution in [2.45, 2.75) is 39.7 Å². The van der Waals surface area contributed by atoms with Gasteiger partial charge >= 0.3 is 18.0 Å². The number of amides is 1. The number of carboxylic acid groups (broad SMARTS) is 2. The van der Waals surface area contributed by atoms with Crippen molar-refractivity contribution in [2.24, 2.45) is 11.3 Å². The Morgan fingerprint density at radius 3 is 2.20 bits per heavy atom. The first-order chi connectivity index (χ1) is 8.94. The largest absolute Gasteiger partial charge is 0.481 e. The highest BCUT2D eigenvalue weighted by atomic mass is 16.6. The predicted octanol–water partition coefficient (Wildman–Crippen LogP) is 1.42. The number of nitrogens with zero attached hydrogens (tertiary/aromatic N) is 1. The first-order valence-corrected chi connectivity index (χ1v) is 6.39. The number of ether oxygens (including phenoxy) is 1. The van der Waals surface area contributed by atoms with E-state index in [1.165, 1.54) is 11.8 Å². The smallest absolute Gasteiger partial charge is 0.410 e. The molecule has 7 nitrogen and oxygen atoms in total. The number of carbonyl (C=O) groups is 3. The van der Waals surface area contributed by atoms with Gasteiger partial charge in [0.1, 0.15) is 5.60 Å². The van der Waals surface area contributed by atoms with Crippen molar-refractivity contribution < 1.29 is 29.3 Å². The molecule has 0 aromatic carbocycles. The van der Waals surface area contributed by atoms with Crippen LogP contribution in [0.25, 0.3) is 0 Å². The molecule has 2 atom stereocenters. The first-order valence-electron chi connectivity index (χ1n) is 6.39. The maximum atomic E-state index is 12.0. The minimum absolute atomic E-state index is 0.00301. The molecule has 0 spiro atoms. The van der Waals surface area contributed by atoms with E-state index < -0.39 is 35.0 Å². The summed E-state index contributed by atoms with van der Waals surface area (Å²) in [5.41, 5.74) is -1.99. The second kappa shape index (κ2) is 5.30. The Balaban J connectivity index is 2.93. The molecule has 0 bridgehead atoms. The molecule has 0 aromatic rings. The number of piperidine rings is 1. The van der Waals surface area contributed by atoms with Gasteiger partial charge in [-0.2, -0.15) is 0 Å². The molecule has 0 aromatic heterocycles. The van der Waals surface area contributed by atoms with Crippen LogP contribution in [0.4, 0.5) is 4.79 Å². The van der Waals surface area contributed by atoms with Gasteiger partial charge in [0.15, 0.2) is 0 Å². The number of carboxylic acids is 2. The fraction of sp³-hybridized carbons (Fsp3) is 0.769. The lowest BCUT2D eigenvalue weighted by atomic mass is 9.77. The fourth-order valence-corrected chi connectivity index (χ4v) is 2.21. The summed E-state index contributed by atoms with van der Waals surface area (Å²) in [6.45, 7) is 6.44. The SMILES string of the molecule is CC(C)(C)OC(=O)N1C[C@H](C(=O)O)C[C@](C)(C(=O)O)C1. The summed E-state index contributed by atoms with van der Waals surface area (Å²) in [6.07, 6.45) is -0.687. The van der Waals surface area contributed by atoms with Crippen molar-refractivity contribution in [3.8, 4) is 0 Å². The minimum atomic E-state index is -1.28. The quantitative estimate of drug-likeness (QED) is 0.796. The summed E-state index contributed by atoms with van der Waals surface area (Å²) >= 11 is 0. The molecular formula is C13H21NO6. The molecule has 1 saturated heterocycles. The molecule has 114 valence electrons. The number of likely N-dealkylation sites (tertiary alicyclic amines) is 1. The molecule has 1 heterocycles. The van der Waals surface area contributed by atoms with Crippen LogP contribution in [0.1, 0.15) is 34.1 Å². The average molecular weight is 287 g/mol. The Kier molecular flexibility index (Phi) is 4.31. The third-order valence-corrected chi connectivity index (χ3v) is 3.19. The highest BCUT2D eigenvalue weighted by Crippen LogP contribution is 2.34. The lowest BCUT2D eigenvalue weighted by Gasteiger charge is -2.40. The van der Waals surface area contributed by atoms with Crippen LogP contribution in [0.5, 0.6) is 0 Å². The Morgan fingerprint density at radius 1 is 1.25 bits per heavy atom. The molecular weight excluding hydrogens is 266 g/mol. The highest BCUT2D eigenvalue weighted by molar-refractivity contribution is 5.79. The zero-order chi connectivity index (χ0) is 15.7. The molecule has 1 aliphatic heterocycles. The van der Waals surface area contributed by atoms with Crippen LogP contribution >= 0.6 is 0 Å². The van der Waals surface area contributed by atoms with Gasteiger partial charge in [-0.05, 0) is 34.1 Å². The zero-order valence-corrected chi connectivity index (χ0v) is 12.2. The van der Waals surface area contributed by atoms with Gasteiger partial charge in [0.05, 0.1) is 11.3 Å². The molecule has 20 heavy (non-hydrogen) atoms. The summed E-state index contributed by atoms with van der Waals surface area (Å²) in [4.78, 5) is 35.7. The second-order valence-electron chi connectivity index (χ2n) is 6.47. The van der Waals surface area contributed by atoms with Gasteiger partial charge in [-0.1, -0.05) is 0 Å². The number of hydrogen-bond donors (Lipinski definition) is 2. The summed E-state index contributed by atoms with van der Waals surface area (Å²) in [6, 6.07) is 0. The van der Waals surface area contributed by atoms with E-state index in [-0.39, 0.29) is 19.5 Å². The average Bonchev–Trinajstić information content (AvgIpc) is 2.25. The van der Waals surface area contributed by atoms with Crippen LogP contribution in [-0.2, 0) is 14.3 Å². The number of rotatable bonds is 2. The Bertz CT molecular complexity index is 427. The summed E-state index contributed by atoms with van der Waals surface area (Å²) in [5, 5.41) is 18.4. The van der Waals surface area contributed by atoms with Crippen molar-refractivity contribution in [3.05, 3.63) is 0 Å². The van der Waals surface area contributed by atoms with Crippen molar-refractivity contribution >= 4 is 18.0 Å². The van der Waals surface area contributed by atoms with E-state index in [9.17, 15) is 19.5 Å². The maximum Gasteiger partial charge on any atom is 0.410 e. The lowest BCUT2D eigenvalue weighted by Crippen LogP contribution is -2.54. The van der Waals surface area contributed by atoms with E-state index in [1.807, 2.05) is 0 Å². The summed E-state index contributed by atoms with van der Waals surface area (Å²) < 4.78 is 5.18. The lowest BCUT2D eigenvalue weighted by molar-refractivity contribution is -0.156. The van der Waals surface area contributed by atoms with E-state index in [0.29, 0.717) is 0 Å². The van der Waals surface area contributed by atoms with Crippen LogP contribution in [-0.4, -0.2) is 51.8 Å². The maximum absolute atomic E-state index is 12.0. The summed E-state index contributed by atoms with van der Waals surface area (Å²) in [5.74, 6) is -3.12. The van der Waals surface area contributed by atoms with Crippen molar-refractivity contribution in [2.75, 3.05) is 13.1 Å². The van der Waals surface area contributed by atoms with Gasteiger partial charge < -0.3 is 19.8 Å². The van der Waals surface area contributed by atoms with Crippen LogP contribution < -0.4 is 0 Å². The van der Waals surface area contributed by atoms with Gasteiger partial charge in [-0.15, -0.1) is 0 Å². The van der Waals surface area contributed by atoms with Crippen LogP contribution in [0.15, 0.2) is 0 Å². The molecule has 0 radical (unpaired) electrons. The number of aliphatic carboxylic acids is 2. The Labute approximate surface area is 117 Å². The third-order valence-electron chi connectivity index (χ3n) is 3.19. The van der Waals surface area contributed by atoms with Gasteiger partial charge in [-0.3, -0.25) is 9.59 Å². The topological polar surface area (TPSA) is 104 Å². The zero-order valence-electron chi connectivity index (χ0n) is 12.2. The minimum Gasteiger partial charge on any atom is -0.481 e. The third kappa shape index (κ3) is 3.85. The molecule has 1 fully saturated rings. The van der Waals surface area contributed by atoms with Crippen LogP contribution in [0.3, 0.4) is 0 Å². The molecule has 0 aliphatic carbocycles. The summed E-state index contributed by atoms with van der Waals surface area (Å²) in [7, 11) is 0. The molecule has 1 aliphatic rings. The van der Waals surface area contributed by atoms with Crippen molar-refractivity contribution in [3.63, 3.8) is 0 Å². The first kappa shape index (κ1) is 16.3.